The molecule has 1 aromatic rings. The predicted octanol–water partition coefficient (Wildman–Crippen LogP) is 2.74. The van der Waals surface area contributed by atoms with Crippen LogP contribution in [0.15, 0.2) is 10.3 Å². The van der Waals surface area contributed by atoms with E-state index < -0.39 is 10.0 Å². The zero-order chi connectivity index (χ0) is 14.3. The van der Waals surface area contributed by atoms with Crippen molar-refractivity contribution in [1.29, 1.82) is 0 Å². The van der Waals surface area contributed by atoms with Crippen molar-refractivity contribution in [2.75, 3.05) is 13.2 Å². The summed E-state index contributed by atoms with van der Waals surface area (Å²) in [5.74, 6) is 0.242. The van der Waals surface area contributed by atoms with Crippen LogP contribution in [0.5, 0.6) is 0 Å². The lowest BCUT2D eigenvalue weighted by molar-refractivity contribution is -0.0241. The normalized spacial score (nSPS) is 27.7. The van der Waals surface area contributed by atoms with Crippen molar-refractivity contribution in [3.8, 4) is 0 Å². The summed E-state index contributed by atoms with van der Waals surface area (Å²) in [6, 6.07) is -0.00349. The smallest absolute Gasteiger partial charge is 0.244 e. The molecule has 7 heteroatoms. The molecule has 1 saturated heterocycles. The van der Waals surface area contributed by atoms with Gasteiger partial charge in [-0.2, -0.15) is 4.31 Å². The van der Waals surface area contributed by atoms with Crippen LogP contribution >= 0.6 is 22.9 Å². The molecule has 0 bridgehead atoms. The Labute approximate surface area is 128 Å². The minimum atomic E-state index is -3.47. The van der Waals surface area contributed by atoms with Crippen molar-refractivity contribution in [2.24, 2.45) is 0 Å². The van der Waals surface area contributed by atoms with Gasteiger partial charge in [-0.25, -0.2) is 8.42 Å². The minimum Gasteiger partial charge on any atom is -0.375 e. The number of aryl methyl sites for hydroxylation is 1. The Balaban J connectivity index is 2.00. The molecule has 2 heterocycles. The lowest BCUT2D eigenvalue weighted by atomic mass is 10.2. The van der Waals surface area contributed by atoms with Gasteiger partial charge in [-0.15, -0.1) is 22.9 Å². The van der Waals surface area contributed by atoms with Crippen LogP contribution in [-0.4, -0.2) is 38.0 Å². The highest BCUT2D eigenvalue weighted by Crippen LogP contribution is 2.37. The third-order valence-corrected chi connectivity index (χ3v) is 7.92. The first-order chi connectivity index (χ1) is 9.55. The molecule has 1 aromatic heterocycles. The molecule has 2 atom stereocenters. The number of hydrogen-bond acceptors (Lipinski definition) is 4. The van der Waals surface area contributed by atoms with E-state index in [1.54, 1.807) is 4.31 Å². The fraction of sp³-hybridized carbons (Fsp3) is 0.692. The molecule has 2 unspecified atom stereocenters. The van der Waals surface area contributed by atoms with Gasteiger partial charge in [0, 0.05) is 11.4 Å². The molecule has 1 aliphatic carbocycles. The average molecular weight is 336 g/mol. The van der Waals surface area contributed by atoms with E-state index in [4.69, 9.17) is 16.3 Å². The van der Waals surface area contributed by atoms with Crippen LogP contribution in [0, 0.1) is 6.92 Å². The van der Waals surface area contributed by atoms with Crippen LogP contribution in [0.1, 0.15) is 29.7 Å². The average Bonchev–Trinajstić information content (AvgIpc) is 3.03. The van der Waals surface area contributed by atoms with Gasteiger partial charge >= 0.3 is 0 Å². The Morgan fingerprint density at radius 2 is 2.30 bits per heavy atom. The summed E-state index contributed by atoms with van der Waals surface area (Å²) in [5.41, 5.74) is 0.798. The highest BCUT2D eigenvalue weighted by molar-refractivity contribution is 7.89. The quantitative estimate of drug-likeness (QED) is 0.798. The van der Waals surface area contributed by atoms with Gasteiger partial charge in [0.2, 0.25) is 10.0 Å². The van der Waals surface area contributed by atoms with Gasteiger partial charge in [-0.1, -0.05) is 0 Å². The zero-order valence-corrected chi connectivity index (χ0v) is 13.7. The molecule has 1 aliphatic heterocycles. The van der Waals surface area contributed by atoms with E-state index in [9.17, 15) is 8.42 Å². The molecule has 0 amide bonds. The number of alkyl halides is 1. The van der Waals surface area contributed by atoms with Gasteiger partial charge in [-0.3, -0.25) is 0 Å². The van der Waals surface area contributed by atoms with Gasteiger partial charge in [-0.05, 0) is 37.1 Å². The number of fused-ring (bicyclic) bond motifs is 1. The van der Waals surface area contributed by atoms with Crippen molar-refractivity contribution in [3.63, 3.8) is 0 Å². The number of rotatable bonds is 3. The summed E-state index contributed by atoms with van der Waals surface area (Å²) in [6.45, 7) is 2.77. The SMILES string of the molecule is Cc1csc(CCl)c1S(=O)(=O)N1CCOC2CCCC21. The number of ether oxygens (including phenoxy) is 1. The summed E-state index contributed by atoms with van der Waals surface area (Å²) in [6.07, 6.45) is 2.95. The zero-order valence-electron chi connectivity index (χ0n) is 11.3. The maximum absolute atomic E-state index is 13.0. The van der Waals surface area contributed by atoms with Crippen LogP contribution in [0.25, 0.3) is 0 Å². The van der Waals surface area contributed by atoms with Crippen LogP contribution in [-0.2, 0) is 20.6 Å². The molecule has 1 saturated carbocycles. The van der Waals surface area contributed by atoms with Gasteiger partial charge in [0.1, 0.15) is 4.90 Å². The number of nitrogens with zero attached hydrogens (tertiary/aromatic N) is 1. The summed E-state index contributed by atoms with van der Waals surface area (Å²) in [7, 11) is -3.47. The molecule has 0 aromatic carbocycles. The summed E-state index contributed by atoms with van der Waals surface area (Å²) in [5, 5.41) is 1.87. The minimum absolute atomic E-state index is 0.00349. The third-order valence-electron chi connectivity index (χ3n) is 4.11. The second-order valence-electron chi connectivity index (χ2n) is 5.33. The molecule has 112 valence electrons. The van der Waals surface area contributed by atoms with Gasteiger partial charge in [0.05, 0.1) is 24.6 Å². The molecule has 20 heavy (non-hydrogen) atoms. The summed E-state index contributed by atoms with van der Waals surface area (Å²) in [4.78, 5) is 1.16. The molecule has 3 rings (SSSR count). The summed E-state index contributed by atoms with van der Waals surface area (Å²) < 4.78 is 33.4. The predicted molar refractivity (Wildman–Crippen MR) is 79.9 cm³/mol. The van der Waals surface area contributed by atoms with Crippen molar-refractivity contribution >= 4 is 33.0 Å². The number of halogens is 1. The third kappa shape index (κ3) is 2.31. The molecule has 2 aliphatic rings. The van der Waals surface area contributed by atoms with Crippen LogP contribution < -0.4 is 0 Å². The maximum atomic E-state index is 13.0. The van der Waals surface area contributed by atoms with E-state index in [0.717, 1.165) is 29.7 Å². The summed E-state index contributed by atoms with van der Waals surface area (Å²) >= 11 is 7.33. The topological polar surface area (TPSA) is 46.6 Å². The lowest BCUT2D eigenvalue weighted by Gasteiger charge is -2.36. The van der Waals surface area contributed by atoms with Gasteiger partial charge in [0.25, 0.3) is 0 Å². The Kier molecular flexibility index (Phi) is 4.12. The second kappa shape index (κ2) is 5.57. The van der Waals surface area contributed by atoms with E-state index in [1.807, 2.05) is 12.3 Å². The van der Waals surface area contributed by atoms with E-state index in [-0.39, 0.29) is 18.0 Å². The molecular formula is C13H18ClNO3S2. The van der Waals surface area contributed by atoms with E-state index in [0.29, 0.717) is 18.0 Å². The molecule has 0 spiro atoms. The maximum Gasteiger partial charge on any atom is 0.244 e. The first kappa shape index (κ1) is 14.8. The van der Waals surface area contributed by atoms with Crippen molar-refractivity contribution in [3.05, 3.63) is 15.8 Å². The Hall–Kier alpha value is -0.140. The van der Waals surface area contributed by atoms with Crippen molar-refractivity contribution in [1.82, 2.24) is 4.31 Å². The van der Waals surface area contributed by atoms with Crippen molar-refractivity contribution < 1.29 is 13.2 Å². The van der Waals surface area contributed by atoms with E-state index in [1.165, 1.54) is 11.3 Å². The standard InChI is InChI=1S/C13H18ClNO3S2/c1-9-8-19-12(7-14)13(9)20(16,17)15-5-6-18-11-4-2-3-10(11)15/h8,10-11H,2-7H2,1H3. The Morgan fingerprint density at radius 1 is 1.50 bits per heavy atom. The molecular weight excluding hydrogens is 318 g/mol. The van der Waals surface area contributed by atoms with Crippen LogP contribution in [0.4, 0.5) is 0 Å². The van der Waals surface area contributed by atoms with Crippen LogP contribution in [0.3, 0.4) is 0 Å². The number of sulfonamides is 1. The fourth-order valence-corrected chi connectivity index (χ4v) is 6.91. The Morgan fingerprint density at radius 3 is 3.05 bits per heavy atom. The monoisotopic (exact) mass is 335 g/mol. The first-order valence-electron chi connectivity index (χ1n) is 6.82. The first-order valence-corrected chi connectivity index (χ1v) is 9.67. The second-order valence-corrected chi connectivity index (χ2v) is 8.39. The number of hydrogen-bond donors (Lipinski definition) is 0. The van der Waals surface area contributed by atoms with Gasteiger partial charge < -0.3 is 4.74 Å². The molecule has 2 fully saturated rings. The van der Waals surface area contributed by atoms with E-state index in [2.05, 4.69) is 0 Å². The van der Waals surface area contributed by atoms with Crippen molar-refractivity contribution in [2.45, 2.75) is 49.1 Å². The van der Waals surface area contributed by atoms with E-state index >= 15 is 0 Å². The number of morpholine rings is 1. The molecule has 0 N–H and O–H groups in total. The lowest BCUT2D eigenvalue weighted by Crippen LogP contribution is -2.51. The van der Waals surface area contributed by atoms with Gasteiger partial charge in [0.15, 0.2) is 0 Å². The Bertz CT molecular complexity index is 599. The largest absolute Gasteiger partial charge is 0.375 e. The number of thiophene rings is 1. The highest BCUT2D eigenvalue weighted by Gasteiger charge is 2.43. The molecule has 0 radical (unpaired) electrons. The van der Waals surface area contributed by atoms with Crippen LogP contribution in [0.2, 0.25) is 0 Å². The highest BCUT2D eigenvalue weighted by atomic mass is 35.5. The fourth-order valence-electron chi connectivity index (χ4n) is 3.23. The molecule has 4 nitrogen and oxygen atoms in total.